The Labute approximate surface area is 220 Å². The zero-order chi connectivity index (χ0) is 26.7. The van der Waals surface area contributed by atoms with Crippen LogP contribution in [-0.4, -0.2) is 73.4 Å². The SMILES string of the molecule is CCOC(=O)CCc1cc(OC2CCN(c3ccc4c(c3)C(=O)N(CC(=O)N(C)C)C4)C2=O)ccc1Cl. The molecule has 37 heavy (non-hydrogen) atoms. The number of hydrogen-bond donors (Lipinski definition) is 0. The molecule has 0 saturated carbocycles. The van der Waals surface area contributed by atoms with Crippen molar-refractivity contribution in [2.75, 3.05) is 38.7 Å². The molecule has 2 aliphatic heterocycles. The van der Waals surface area contributed by atoms with E-state index in [4.69, 9.17) is 21.1 Å². The van der Waals surface area contributed by atoms with Crippen LogP contribution in [0.2, 0.25) is 5.02 Å². The van der Waals surface area contributed by atoms with E-state index >= 15 is 0 Å². The van der Waals surface area contributed by atoms with Gasteiger partial charge in [0.25, 0.3) is 11.8 Å². The maximum absolute atomic E-state index is 13.2. The molecule has 0 bridgehead atoms. The zero-order valence-electron chi connectivity index (χ0n) is 21.2. The molecule has 2 aliphatic rings. The van der Waals surface area contributed by atoms with Crippen LogP contribution in [0.25, 0.3) is 0 Å². The minimum atomic E-state index is -0.683. The lowest BCUT2D eigenvalue weighted by Gasteiger charge is -2.18. The standard InChI is InChI=1S/C27H30ClN3O6/c1-4-36-25(33)10-6-17-13-20(8-9-22(17)28)37-23-11-12-31(27(23)35)19-7-5-18-15-30(16-24(32)29(2)3)26(34)21(18)14-19/h5,7-9,13-14,23H,4,6,10-12,15-16H2,1-3H3. The quantitative estimate of drug-likeness (QED) is 0.465. The number of benzene rings is 2. The van der Waals surface area contributed by atoms with Crippen molar-refractivity contribution in [1.29, 1.82) is 0 Å². The fourth-order valence-corrected chi connectivity index (χ4v) is 4.63. The van der Waals surface area contributed by atoms with Gasteiger partial charge in [0.2, 0.25) is 5.91 Å². The minimum Gasteiger partial charge on any atom is -0.481 e. The molecule has 9 nitrogen and oxygen atoms in total. The van der Waals surface area contributed by atoms with Gasteiger partial charge in [-0.3, -0.25) is 19.2 Å². The summed E-state index contributed by atoms with van der Waals surface area (Å²) in [5, 5.41) is 0.514. The average molecular weight is 528 g/mol. The molecular formula is C27H30ClN3O6. The van der Waals surface area contributed by atoms with Gasteiger partial charge in [0.05, 0.1) is 6.61 Å². The van der Waals surface area contributed by atoms with Gasteiger partial charge in [-0.15, -0.1) is 0 Å². The van der Waals surface area contributed by atoms with E-state index in [-0.39, 0.29) is 36.7 Å². The second-order valence-corrected chi connectivity index (χ2v) is 9.64. The van der Waals surface area contributed by atoms with Gasteiger partial charge in [0.1, 0.15) is 12.3 Å². The number of carbonyl (C=O) groups excluding carboxylic acids is 4. The van der Waals surface area contributed by atoms with Crippen LogP contribution in [0.1, 0.15) is 41.3 Å². The Hall–Kier alpha value is -3.59. The molecule has 4 rings (SSSR count). The first-order valence-corrected chi connectivity index (χ1v) is 12.6. The molecule has 0 aliphatic carbocycles. The second kappa shape index (κ2) is 11.2. The van der Waals surface area contributed by atoms with Crippen molar-refractivity contribution in [2.45, 2.75) is 38.8 Å². The van der Waals surface area contributed by atoms with Crippen molar-refractivity contribution in [2.24, 2.45) is 0 Å². The molecule has 1 atom stereocenters. The molecule has 0 aromatic heterocycles. The third kappa shape index (κ3) is 5.88. The largest absolute Gasteiger partial charge is 0.481 e. The molecule has 2 heterocycles. The number of amides is 3. The van der Waals surface area contributed by atoms with E-state index in [9.17, 15) is 19.2 Å². The molecule has 0 spiro atoms. The molecule has 0 radical (unpaired) electrons. The third-order valence-corrected chi connectivity index (χ3v) is 6.83. The van der Waals surface area contributed by atoms with Crippen LogP contribution in [-0.2, 0) is 32.1 Å². The van der Waals surface area contributed by atoms with Crippen LogP contribution in [0.4, 0.5) is 5.69 Å². The summed E-state index contributed by atoms with van der Waals surface area (Å²) in [5.74, 6) is -0.376. The molecule has 1 saturated heterocycles. The molecule has 3 amide bonds. The smallest absolute Gasteiger partial charge is 0.306 e. The number of esters is 1. The van der Waals surface area contributed by atoms with E-state index in [0.29, 0.717) is 54.6 Å². The molecule has 10 heteroatoms. The number of aryl methyl sites for hydroxylation is 1. The summed E-state index contributed by atoms with van der Waals surface area (Å²) in [4.78, 5) is 54.4. The molecular weight excluding hydrogens is 498 g/mol. The highest BCUT2D eigenvalue weighted by molar-refractivity contribution is 6.31. The number of halogens is 1. The van der Waals surface area contributed by atoms with E-state index in [1.54, 1.807) is 50.2 Å². The van der Waals surface area contributed by atoms with Crippen LogP contribution >= 0.6 is 11.6 Å². The number of ether oxygens (including phenoxy) is 2. The number of fused-ring (bicyclic) bond motifs is 1. The summed E-state index contributed by atoms with van der Waals surface area (Å²) in [6.07, 6.45) is 0.399. The second-order valence-electron chi connectivity index (χ2n) is 9.23. The number of likely N-dealkylation sites (N-methyl/N-ethyl adjacent to an activating group) is 1. The highest BCUT2D eigenvalue weighted by Gasteiger charge is 2.36. The molecule has 1 unspecified atom stereocenters. The minimum absolute atomic E-state index is 0.0112. The highest BCUT2D eigenvalue weighted by Crippen LogP contribution is 2.31. The number of carbonyl (C=O) groups is 4. The van der Waals surface area contributed by atoms with E-state index < -0.39 is 6.10 Å². The highest BCUT2D eigenvalue weighted by atomic mass is 35.5. The first-order valence-electron chi connectivity index (χ1n) is 12.2. The Bertz CT molecular complexity index is 1230. The molecule has 2 aromatic carbocycles. The van der Waals surface area contributed by atoms with Crippen molar-refractivity contribution in [3.05, 3.63) is 58.1 Å². The van der Waals surface area contributed by atoms with Crippen LogP contribution in [0, 0.1) is 0 Å². The van der Waals surface area contributed by atoms with Gasteiger partial charge in [-0.1, -0.05) is 17.7 Å². The zero-order valence-corrected chi connectivity index (χ0v) is 21.9. The van der Waals surface area contributed by atoms with Gasteiger partial charge in [-0.2, -0.15) is 0 Å². The summed E-state index contributed by atoms with van der Waals surface area (Å²) >= 11 is 6.28. The van der Waals surface area contributed by atoms with Crippen molar-refractivity contribution in [1.82, 2.24) is 9.80 Å². The summed E-state index contributed by atoms with van der Waals surface area (Å²) < 4.78 is 11.0. The van der Waals surface area contributed by atoms with Crippen LogP contribution in [0.15, 0.2) is 36.4 Å². The summed E-state index contributed by atoms with van der Waals surface area (Å²) in [6, 6.07) is 10.5. The third-order valence-electron chi connectivity index (χ3n) is 6.46. The fourth-order valence-electron chi connectivity index (χ4n) is 4.42. The average Bonchev–Trinajstić information content (AvgIpc) is 3.38. The van der Waals surface area contributed by atoms with Crippen molar-refractivity contribution in [3.8, 4) is 5.75 Å². The monoisotopic (exact) mass is 527 g/mol. The van der Waals surface area contributed by atoms with Gasteiger partial charge >= 0.3 is 5.97 Å². The topological polar surface area (TPSA) is 96.5 Å². The lowest BCUT2D eigenvalue weighted by molar-refractivity contribution is -0.143. The van der Waals surface area contributed by atoms with Crippen LogP contribution in [0.5, 0.6) is 5.75 Å². The predicted molar refractivity (Wildman–Crippen MR) is 138 cm³/mol. The Kier molecular flexibility index (Phi) is 8.02. The van der Waals surface area contributed by atoms with Gasteiger partial charge in [0.15, 0.2) is 6.10 Å². The molecule has 2 aromatic rings. The maximum Gasteiger partial charge on any atom is 0.306 e. The lowest BCUT2D eigenvalue weighted by Crippen LogP contribution is -2.36. The van der Waals surface area contributed by atoms with Crippen molar-refractivity contribution >= 4 is 41.0 Å². The number of nitrogens with zero attached hydrogens (tertiary/aromatic N) is 3. The Balaban J connectivity index is 1.42. The van der Waals surface area contributed by atoms with Gasteiger partial charge in [-0.25, -0.2) is 0 Å². The lowest BCUT2D eigenvalue weighted by atomic mass is 10.1. The van der Waals surface area contributed by atoms with Gasteiger partial charge in [-0.05, 0) is 54.8 Å². The van der Waals surface area contributed by atoms with Gasteiger partial charge < -0.3 is 24.2 Å². The fraction of sp³-hybridized carbons (Fsp3) is 0.407. The van der Waals surface area contributed by atoms with Gasteiger partial charge in [0, 0.05) is 56.3 Å². The Morgan fingerprint density at radius 1 is 1.14 bits per heavy atom. The van der Waals surface area contributed by atoms with Crippen molar-refractivity contribution < 1.29 is 28.7 Å². The Morgan fingerprint density at radius 3 is 2.65 bits per heavy atom. The predicted octanol–water partition coefficient (Wildman–Crippen LogP) is 3.06. The van der Waals surface area contributed by atoms with Crippen LogP contribution in [0.3, 0.4) is 0 Å². The van der Waals surface area contributed by atoms with Crippen molar-refractivity contribution in [3.63, 3.8) is 0 Å². The number of rotatable bonds is 9. The van der Waals surface area contributed by atoms with Crippen LogP contribution < -0.4 is 9.64 Å². The molecule has 196 valence electrons. The Morgan fingerprint density at radius 2 is 1.92 bits per heavy atom. The van der Waals surface area contributed by atoms with E-state index in [0.717, 1.165) is 11.1 Å². The van der Waals surface area contributed by atoms with E-state index in [1.165, 1.54) is 9.80 Å². The first kappa shape index (κ1) is 26.5. The molecule has 1 fully saturated rings. The first-order chi connectivity index (χ1) is 17.7. The van der Waals surface area contributed by atoms with E-state index in [2.05, 4.69) is 0 Å². The normalized spacial score (nSPS) is 16.7. The summed E-state index contributed by atoms with van der Waals surface area (Å²) in [7, 11) is 3.31. The number of hydrogen-bond acceptors (Lipinski definition) is 6. The summed E-state index contributed by atoms with van der Waals surface area (Å²) in [6.45, 7) is 2.90. The van der Waals surface area contributed by atoms with E-state index in [1.807, 2.05) is 12.1 Å². The molecule has 0 N–H and O–H groups in total. The summed E-state index contributed by atoms with van der Waals surface area (Å²) in [5.41, 5.74) is 2.70. The number of anilines is 1. The maximum atomic E-state index is 13.2.